The summed E-state index contributed by atoms with van der Waals surface area (Å²) in [5, 5.41) is 3.21. The van der Waals surface area contributed by atoms with Gasteiger partial charge in [-0.1, -0.05) is 30.3 Å². The van der Waals surface area contributed by atoms with Gasteiger partial charge in [0.25, 0.3) is 0 Å². The van der Waals surface area contributed by atoms with Crippen LogP contribution in [-0.4, -0.2) is 31.3 Å². The number of ether oxygens (including phenoxy) is 1. The van der Waals surface area contributed by atoms with Crippen molar-refractivity contribution in [3.05, 3.63) is 47.0 Å². The fraction of sp³-hybridized carbons (Fsp3) is 0.438. The first-order valence-corrected chi connectivity index (χ1v) is 8.17. The molecule has 3 rings (SSSR count). The molecule has 0 amide bonds. The Morgan fingerprint density at radius 2 is 2.24 bits per heavy atom. The van der Waals surface area contributed by atoms with Gasteiger partial charge in [-0.15, -0.1) is 11.3 Å². The number of hydrogen-bond donors (Lipinski definition) is 1. The first kappa shape index (κ1) is 14.5. The summed E-state index contributed by atoms with van der Waals surface area (Å²) in [5.74, 6) is 0. The highest BCUT2D eigenvalue weighted by atomic mass is 32.1. The fourth-order valence-electron chi connectivity index (χ4n) is 2.67. The Balaban J connectivity index is 1.63. The lowest BCUT2D eigenvalue weighted by Crippen LogP contribution is -2.22. The summed E-state index contributed by atoms with van der Waals surface area (Å²) >= 11 is 1.70. The Bertz CT molecular complexity index is 572. The first-order chi connectivity index (χ1) is 10.3. The van der Waals surface area contributed by atoms with Crippen molar-refractivity contribution in [1.29, 1.82) is 0 Å². The number of hydrogen-bond acceptors (Lipinski definition) is 5. The van der Waals surface area contributed by atoms with Gasteiger partial charge < -0.3 is 15.4 Å². The van der Waals surface area contributed by atoms with Gasteiger partial charge in [-0.2, -0.15) is 0 Å². The Morgan fingerprint density at radius 1 is 1.43 bits per heavy atom. The lowest BCUT2D eigenvalue weighted by atomic mass is 10.0. The van der Waals surface area contributed by atoms with E-state index in [1.165, 1.54) is 0 Å². The fourth-order valence-corrected chi connectivity index (χ4v) is 3.55. The third kappa shape index (κ3) is 3.43. The highest BCUT2D eigenvalue weighted by Gasteiger charge is 2.24. The number of anilines is 1. The van der Waals surface area contributed by atoms with Gasteiger partial charge in [0.15, 0.2) is 5.13 Å². The third-order valence-electron chi connectivity index (χ3n) is 3.95. The first-order valence-electron chi connectivity index (χ1n) is 7.29. The number of thiazole rings is 1. The van der Waals surface area contributed by atoms with E-state index in [9.17, 15) is 0 Å². The predicted molar refractivity (Wildman–Crippen MR) is 86.8 cm³/mol. The maximum atomic E-state index is 6.26. The zero-order valence-corrected chi connectivity index (χ0v) is 13.1. The van der Waals surface area contributed by atoms with Crippen LogP contribution in [0.5, 0.6) is 0 Å². The molecule has 21 heavy (non-hydrogen) atoms. The van der Waals surface area contributed by atoms with E-state index in [2.05, 4.69) is 22.4 Å². The molecule has 1 fully saturated rings. The van der Waals surface area contributed by atoms with Crippen molar-refractivity contribution in [2.75, 3.05) is 25.1 Å². The molecule has 0 saturated carbocycles. The molecule has 2 unspecified atom stereocenters. The molecule has 2 aromatic rings. The molecule has 1 aromatic carbocycles. The molecule has 2 N–H and O–H groups in total. The molecular weight excluding hydrogens is 282 g/mol. The molecule has 0 bridgehead atoms. The summed E-state index contributed by atoms with van der Waals surface area (Å²) in [6.45, 7) is 1.96. The van der Waals surface area contributed by atoms with Crippen molar-refractivity contribution in [2.45, 2.75) is 25.0 Å². The van der Waals surface area contributed by atoms with Crippen molar-refractivity contribution < 1.29 is 4.74 Å². The lowest BCUT2D eigenvalue weighted by Gasteiger charge is -2.14. The Hall–Kier alpha value is -1.43. The number of benzene rings is 1. The zero-order chi connectivity index (χ0) is 14.7. The predicted octanol–water partition coefficient (Wildman–Crippen LogP) is 2.61. The summed E-state index contributed by atoms with van der Waals surface area (Å²) in [5.41, 5.74) is 8.50. The van der Waals surface area contributed by atoms with E-state index >= 15 is 0 Å². The monoisotopic (exact) mass is 303 g/mol. The van der Waals surface area contributed by atoms with Crippen molar-refractivity contribution in [3.63, 3.8) is 0 Å². The third-order valence-corrected chi connectivity index (χ3v) is 4.90. The van der Waals surface area contributed by atoms with Crippen LogP contribution in [0.3, 0.4) is 0 Å². The number of rotatable bonds is 5. The van der Waals surface area contributed by atoms with Gasteiger partial charge in [0.05, 0.1) is 11.8 Å². The van der Waals surface area contributed by atoms with E-state index in [0.29, 0.717) is 6.10 Å². The minimum Gasteiger partial charge on any atom is -0.380 e. The number of nitrogens with zero attached hydrogens (tertiary/aromatic N) is 2. The van der Waals surface area contributed by atoms with E-state index in [0.717, 1.165) is 42.3 Å². The Kier molecular flexibility index (Phi) is 4.53. The molecule has 5 heteroatoms. The number of nitrogens with two attached hydrogens (primary N) is 1. The van der Waals surface area contributed by atoms with Gasteiger partial charge in [-0.25, -0.2) is 4.98 Å². The minimum atomic E-state index is 0.00597. The van der Waals surface area contributed by atoms with Crippen LogP contribution in [0, 0.1) is 0 Å². The number of aromatic nitrogens is 1. The van der Waals surface area contributed by atoms with Crippen LogP contribution in [0.4, 0.5) is 5.13 Å². The SMILES string of the molecule is COC1CCN(c2nc(CC(N)c3ccccc3)cs2)C1. The van der Waals surface area contributed by atoms with Crippen LogP contribution in [0.15, 0.2) is 35.7 Å². The van der Waals surface area contributed by atoms with Crippen LogP contribution in [0.2, 0.25) is 0 Å². The largest absolute Gasteiger partial charge is 0.380 e. The maximum Gasteiger partial charge on any atom is 0.185 e. The van der Waals surface area contributed by atoms with Crippen LogP contribution in [-0.2, 0) is 11.2 Å². The zero-order valence-electron chi connectivity index (χ0n) is 12.2. The summed E-state index contributed by atoms with van der Waals surface area (Å²) in [4.78, 5) is 7.04. The molecule has 1 aromatic heterocycles. The topological polar surface area (TPSA) is 51.4 Å². The van der Waals surface area contributed by atoms with Crippen molar-refractivity contribution in [2.24, 2.45) is 5.73 Å². The van der Waals surface area contributed by atoms with Crippen molar-refractivity contribution in [1.82, 2.24) is 4.98 Å². The summed E-state index contributed by atoms with van der Waals surface area (Å²) in [6.07, 6.45) is 2.20. The maximum absolute atomic E-state index is 6.26. The number of methoxy groups -OCH3 is 1. The van der Waals surface area contributed by atoms with Crippen LogP contribution >= 0.6 is 11.3 Å². The van der Waals surface area contributed by atoms with Gasteiger partial charge in [-0.05, 0) is 12.0 Å². The molecular formula is C16H21N3OS. The second-order valence-corrected chi connectivity index (χ2v) is 6.27. The smallest absolute Gasteiger partial charge is 0.185 e. The van der Waals surface area contributed by atoms with E-state index in [1.54, 1.807) is 18.4 Å². The van der Waals surface area contributed by atoms with E-state index < -0.39 is 0 Å². The van der Waals surface area contributed by atoms with Gasteiger partial charge in [-0.3, -0.25) is 0 Å². The van der Waals surface area contributed by atoms with E-state index in [1.807, 2.05) is 18.2 Å². The molecule has 2 atom stereocenters. The molecule has 1 saturated heterocycles. The molecule has 4 nitrogen and oxygen atoms in total. The van der Waals surface area contributed by atoms with Crippen LogP contribution in [0.1, 0.15) is 23.7 Å². The lowest BCUT2D eigenvalue weighted by molar-refractivity contribution is 0.121. The summed E-state index contributed by atoms with van der Waals surface area (Å²) < 4.78 is 5.41. The van der Waals surface area contributed by atoms with Crippen LogP contribution < -0.4 is 10.6 Å². The molecule has 1 aliphatic rings. The van der Waals surface area contributed by atoms with Crippen LogP contribution in [0.25, 0.3) is 0 Å². The minimum absolute atomic E-state index is 0.00597. The quantitative estimate of drug-likeness (QED) is 0.922. The molecule has 2 heterocycles. The van der Waals surface area contributed by atoms with Gasteiger partial charge in [0, 0.05) is 38.0 Å². The van der Waals surface area contributed by atoms with E-state index in [4.69, 9.17) is 15.5 Å². The molecule has 0 radical (unpaired) electrons. The summed E-state index contributed by atoms with van der Waals surface area (Å²) in [7, 11) is 1.78. The normalized spacial score (nSPS) is 19.9. The average molecular weight is 303 g/mol. The van der Waals surface area contributed by atoms with Crippen molar-refractivity contribution in [3.8, 4) is 0 Å². The average Bonchev–Trinajstić information content (AvgIpc) is 3.16. The Labute approximate surface area is 129 Å². The second kappa shape index (κ2) is 6.56. The van der Waals surface area contributed by atoms with Crippen molar-refractivity contribution >= 4 is 16.5 Å². The van der Waals surface area contributed by atoms with Gasteiger partial charge in [0.2, 0.25) is 0 Å². The standard InChI is InChI=1S/C16H21N3OS/c1-20-14-7-8-19(10-14)16-18-13(11-21-16)9-15(17)12-5-3-2-4-6-12/h2-6,11,14-15H,7-10,17H2,1H3. The summed E-state index contributed by atoms with van der Waals surface area (Å²) in [6, 6.07) is 10.2. The molecule has 112 valence electrons. The van der Waals surface area contributed by atoms with Gasteiger partial charge >= 0.3 is 0 Å². The highest BCUT2D eigenvalue weighted by Crippen LogP contribution is 2.27. The van der Waals surface area contributed by atoms with E-state index in [-0.39, 0.29) is 6.04 Å². The highest BCUT2D eigenvalue weighted by molar-refractivity contribution is 7.13. The Morgan fingerprint density at radius 3 is 2.95 bits per heavy atom. The molecule has 0 spiro atoms. The molecule has 0 aliphatic carbocycles. The molecule has 1 aliphatic heterocycles. The van der Waals surface area contributed by atoms with Gasteiger partial charge in [0.1, 0.15) is 0 Å². The second-order valence-electron chi connectivity index (χ2n) is 5.44.